The van der Waals surface area contributed by atoms with Crippen molar-refractivity contribution in [3.63, 3.8) is 0 Å². The molecule has 1 aromatic rings. The SMILES string of the molecule is COc1nccnc1CN1CCN(C(=O)OC(C)(C)C)C[C@@H]1C. The molecule has 0 bridgehead atoms. The van der Waals surface area contributed by atoms with Gasteiger partial charge in [-0.1, -0.05) is 0 Å². The standard InChI is InChI=1S/C16H26N4O3/c1-12-10-20(15(21)23-16(2,3)4)9-8-19(12)11-13-14(22-5)18-7-6-17-13/h6-7,12H,8-11H2,1-5H3/t12-/m0/s1. The minimum absolute atomic E-state index is 0.211. The summed E-state index contributed by atoms with van der Waals surface area (Å²) in [5.74, 6) is 0.550. The molecule has 0 radical (unpaired) electrons. The Kier molecular flexibility index (Phi) is 5.41. The number of amides is 1. The molecule has 1 amide bonds. The first-order valence-corrected chi connectivity index (χ1v) is 7.86. The van der Waals surface area contributed by atoms with Gasteiger partial charge in [-0.2, -0.15) is 0 Å². The Morgan fingerprint density at radius 2 is 2.00 bits per heavy atom. The minimum Gasteiger partial charge on any atom is -0.480 e. The van der Waals surface area contributed by atoms with Crippen LogP contribution in [0.5, 0.6) is 5.88 Å². The Labute approximate surface area is 137 Å². The van der Waals surface area contributed by atoms with Crippen molar-refractivity contribution >= 4 is 6.09 Å². The molecule has 0 spiro atoms. The van der Waals surface area contributed by atoms with E-state index in [1.54, 1.807) is 24.4 Å². The van der Waals surface area contributed by atoms with Crippen molar-refractivity contribution in [2.75, 3.05) is 26.7 Å². The molecule has 0 unspecified atom stereocenters. The molecular weight excluding hydrogens is 296 g/mol. The van der Waals surface area contributed by atoms with Gasteiger partial charge in [0.05, 0.1) is 7.11 Å². The predicted molar refractivity (Wildman–Crippen MR) is 86.3 cm³/mol. The van der Waals surface area contributed by atoms with Crippen molar-refractivity contribution in [3.8, 4) is 5.88 Å². The Bertz CT molecular complexity index is 544. The summed E-state index contributed by atoms with van der Waals surface area (Å²) in [5, 5.41) is 0. The predicted octanol–water partition coefficient (Wildman–Crippen LogP) is 1.93. The van der Waals surface area contributed by atoms with E-state index in [0.717, 1.165) is 12.2 Å². The first-order valence-electron chi connectivity index (χ1n) is 7.86. The lowest BCUT2D eigenvalue weighted by molar-refractivity contribution is 0.00431. The summed E-state index contributed by atoms with van der Waals surface area (Å²) in [4.78, 5) is 24.7. The van der Waals surface area contributed by atoms with E-state index in [1.165, 1.54) is 0 Å². The highest BCUT2D eigenvalue weighted by Gasteiger charge is 2.30. The van der Waals surface area contributed by atoms with Crippen molar-refractivity contribution in [1.29, 1.82) is 0 Å². The smallest absolute Gasteiger partial charge is 0.410 e. The third kappa shape index (κ3) is 4.79. The summed E-state index contributed by atoms with van der Waals surface area (Å²) in [7, 11) is 1.59. The van der Waals surface area contributed by atoms with Crippen LogP contribution in [0.2, 0.25) is 0 Å². The molecule has 1 fully saturated rings. The molecule has 0 aromatic carbocycles. The van der Waals surface area contributed by atoms with Gasteiger partial charge in [0.2, 0.25) is 5.88 Å². The van der Waals surface area contributed by atoms with Crippen LogP contribution in [0.25, 0.3) is 0 Å². The maximum atomic E-state index is 12.2. The van der Waals surface area contributed by atoms with E-state index in [-0.39, 0.29) is 12.1 Å². The second kappa shape index (κ2) is 7.12. The van der Waals surface area contributed by atoms with Crippen molar-refractivity contribution in [2.24, 2.45) is 0 Å². The van der Waals surface area contributed by atoms with Crippen LogP contribution in [-0.2, 0) is 11.3 Å². The first kappa shape index (κ1) is 17.5. The summed E-state index contributed by atoms with van der Waals surface area (Å²) in [6, 6.07) is 0.211. The molecule has 1 aromatic heterocycles. The number of nitrogens with zero attached hydrogens (tertiary/aromatic N) is 4. The maximum absolute atomic E-state index is 12.2. The third-order valence-corrected chi connectivity index (χ3v) is 3.70. The van der Waals surface area contributed by atoms with Crippen LogP contribution in [0.4, 0.5) is 4.79 Å². The molecular formula is C16H26N4O3. The molecule has 23 heavy (non-hydrogen) atoms. The zero-order chi connectivity index (χ0) is 17.0. The topological polar surface area (TPSA) is 67.8 Å². The molecule has 2 rings (SSSR count). The fourth-order valence-corrected chi connectivity index (χ4v) is 2.55. The summed E-state index contributed by atoms with van der Waals surface area (Å²) < 4.78 is 10.7. The van der Waals surface area contributed by atoms with Gasteiger partial charge in [0, 0.05) is 44.6 Å². The molecule has 0 aliphatic carbocycles. The minimum atomic E-state index is -0.468. The van der Waals surface area contributed by atoms with Gasteiger partial charge in [-0.05, 0) is 27.7 Å². The van der Waals surface area contributed by atoms with Crippen LogP contribution in [-0.4, -0.2) is 64.2 Å². The van der Waals surface area contributed by atoms with E-state index in [2.05, 4.69) is 21.8 Å². The number of hydrogen-bond acceptors (Lipinski definition) is 6. The zero-order valence-corrected chi connectivity index (χ0v) is 14.6. The average Bonchev–Trinajstić information content (AvgIpc) is 2.48. The molecule has 0 saturated carbocycles. The molecule has 1 saturated heterocycles. The maximum Gasteiger partial charge on any atom is 0.410 e. The molecule has 1 atom stereocenters. The number of carbonyl (C=O) groups excluding carboxylic acids is 1. The highest BCUT2D eigenvalue weighted by atomic mass is 16.6. The van der Waals surface area contributed by atoms with Crippen LogP contribution >= 0.6 is 0 Å². The molecule has 128 valence electrons. The zero-order valence-electron chi connectivity index (χ0n) is 14.6. The lowest BCUT2D eigenvalue weighted by Crippen LogP contribution is -2.54. The van der Waals surface area contributed by atoms with Crippen LogP contribution in [0.3, 0.4) is 0 Å². The van der Waals surface area contributed by atoms with Gasteiger partial charge in [-0.25, -0.2) is 9.78 Å². The van der Waals surface area contributed by atoms with Crippen LogP contribution in [0, 0.1) is 0 Å². The largest absolute Gasteiger partial charge is 0.480 e. The van der Waals surface area contributed by atoms with Gasteiger partial charge in [-0.3, -0.25) is 9.88 Å². The van der Waals surface area contributed by atoms with Crippen molar-refractivity contribution in [3.05, 3.63) is 18.1 Å². The van der Waals surface area contributed by atoms with E-state index in [4.69, 9.17) is 9.47 Å². The fraction of sp³-hybridized carbons (Fsp3) is 0.688. The average molecular weight is 322 g/mol. The normalized spacial score (nSPS) is 19.5. The van der Waals surface area contributed by atoms with E-state index in [1.807, 2.05) is 20.8 Å². The summed E-state index contributed by atoms with van der Waals surface area (Å²) >= 11 is 0. The lowest BCUT2D eigenvalue weighted by atomic mass is 10.2. The second-order valence-electron chi connectivity index (χ2n) is 6.76. The number of carbonyl (C=O) groups is 1. The Morgan fingerprint density at radius 3 is 2.61 bits per heavy atom. The summed E-state index contributed by atoms with van der Waals surface area (Å²) in [6.07, 6.45) is 3.03. The van der Waals surface area contributed by atoms with E-state index in [0.29, 0.717) is 25.5 Å². The molecule has 2 heterocycles. The Balaban J connectivity index is 1.95. The molecule has 1 aliphatic rings. The van der Waals surface area contributed by atoms with Gasteiger partial charge >= 0.3 is 6.09 Å². The van der Waals surface area contributed by atoms with Gasteiger partial charge in [0.25, 0.3) is 0 Å². The number of hydrogen-bond donors (Lipinski definition) is 0. The van der Waals surface area contributed by atoms with Gasteiger partial charge < -0.3 is 14.4 Å². The number of methoxy groups -OCH3 is 1. The number of ether oxygens (including phenoxy) is 2. The van der Waals surface area contributed by atoms with E-state index < -0.39 is 5.60 Å². The molecule has 0 N–H and O–H groups in total. The summed E-state index contributed by atoms with van der Waals surface area (Å²) in [6.45, 7) is 10.4. The van der Waals surface area contributed by atoms with Crippen molar-refractivity contribution in [2.45, 2.75) is 45.9 Å². The quantitative estimate of drug-likeness (QED) is 0.847. The summed E-state index contributed by atoms with van der Waals surface area (Å²) in [5.41, 5.74) is 0.345. The first-order chi connectivity index (χ1) is 10.8. The van der Waals surface area contributed by atoms with Crippen molar-refractivity contribution in [1.82, 2.24) is 19.8 Å². The van der Waals surface area contributed by atoms with E-state index in [9.17, 15) is 4.79 Å². The molecule has 7 nitrogen and oxygen atoms in total. The van der Waals surface area contributed by atoms with Gasteiger partial charge in [0.1, 0.15) is 11.3 Å². The van der Waals surface area contributed by atoms with Gasteiger partial charge in [0.15, 0.2) is 0 Å². The third-order valence-electron chi connectivity index (χ3n) is 3.70. The lowest BCUT2D eigenvalue weighted by Gasteiger charge is -2.40. The number of piperazine rings is 1. The van der Waals surface area contributed by atoms with Gasteiger partial charge in [-0.15, -0.1) is 0 Å². The highest BCUT2D eigenvalue weighted by Crippen LogP contribution is 2.19. The second-order valence-corrected chi connectivity index (χ2v) is 6.76. The highest BCUT2D eigenvalue weighted by molar-refractivity contribution is 5.68. The van der Waals surface area contributed by atoms with E-state index >= 15 is 0 Å². The monoisotopic (exact) mass is 322 g/mol. The van der Waals surface area contributed by atoms with Crippen LogP contribution in [0.1, 0.15) is 33.4 Å². The number of aromatic nitrogens is 2. The van der Waals surface area contributed by atoms with Crippen LogP contribution < -0.4 is 4.74 Å². The molecule has 7 heteroatoms. The Hall–Kier alpha value is -1.89. The van der Waals surface area contributed by atoms with Crippen LogP contribution in [0.15, 0.2) is 12.4 Å². The number of rotatable bonds is 3. The van der Waals surface area contributed by atoms with Crippen molar-refractivity contribution < 1.29 is 14.3 Å². The fourth-order valence-electron chi connectivity index (χ4n) is 2.55. The molecule has 1 aliphatic heterocycles. The Morgan fingerprint density at radius 1 is 1.30 bits per heavy atom.